The molecule has 18 heavy (non-hydrogen) atoms. The van der Waals surface area contributed by atoms with Gasteiger partial charge < -0.3 is 20.4 Å². The maximum atomic E-state index is 11.9. The third-order valence-corrected chi connectivity index (χ3v) is 2.63. The van der Waals surface area contributed by atoms with Gasteiger partial charge in [0, 0.05) is 26.0 Å². The maximum Gasteiger partial charge on any atom is 0.410 e. The van der Waals surface area contributed by atoms with E-state index in [4.69, 9.17) is 10.5 Å². The SMILES string of the molecule is CN(C(=O)OC(C)(C)C)C(CN)Cc1cc[nH]c1. The normalized spacial score (nSPS) is 13.2. The molecule has 1 heterocycles. The average Bonchev–Trinajstić information content (AvgIpc) is 2.75. The number of likely N-dealkylation sites (N-methyl/N-ethyl adjacent to an activating group) is 1. The van der Waals surface area contributed by atoms with E-state index in [-0.39, 0.29) is 12.1 Å². The third kappa shape index (κ3) is 4.41. The lowest BCUT2D eigenvalue weighted by Gasteiger charge is -2.30. The van der Waals surface area contributed by atoms with Gasteiger partial charge in [-0.1, -0.05) is 0 Å². The Balaban J connectivity index is 2.61. The maximum absolute atomic E-state index is 11.9. The summed E-state index contributed by atoms with van der Waals surface area (Å²) in [6.07, 6.45) is 4.14. The number of ether oxygens (including phenoxy) is 1. The zero-order chi connectivity index (χ0) is 13.8. The van der Waals surface area contributed by atoms with Crippen LogP contribution in [0.1, 0.15) is 26.3 Å². The van der Waals surface area contributed by atoms with Gasteiger partial charge in [-0.25, -0.2) is 4.79 Å². The zero-order valence-corrected chi connectivity index (χ0v) is 11.6. The van der Waals surface area contributed by atoms with Crippen molar-refractivity contribution in [1.29, 1.82) is 0 Å². The van der Waals surface area contributed by atoms with Crippen LogP contribution < -0.4 is 5.73 Å². The van der Waals surface area contributed by atoms with Crippen molar-refractivity contribution in [1.82, 2.24) is 9.88 Å². The van der Waals surface area contributed by atoms with Crippen molar-refractivity contribution in [2.75, 3.05) is 13.6 Å². The molecular weight excluding hydrogens is 230 g/mol. The van der Waals surface area contributed by atoms with E-state index >= 15 is 0 Å². The van der Waals surface area contributed by atoms with Crippen molar-refractivity contribution < 1.29 is 9.53 Å². The number of aromatic nitrogens is 1. The molecule has 0 aliphatic carbocycles. The van der Waals surface area contributed by atoms with E-state index in [1.54, 1.807) is 11.9 Å². The number of nitrogens with one attached hydrogen (secondary N) is 1. The highest BCUT2D eigenvalue weighted by Crippen LogP contribution is 2.12. The highest BCUT2D eigenvalue weighted by atomic mass is 16.6. The number of hydrogen-bond donors (Lipinski definition) is 2. The molecule has 0 saturated heterocycles. The molecule has 0 aliphatic heterocycles. The Labute approximate surface area is 108 Å². The summed E-state index contributed by atoms with van der Waals surface area (Å²) in [5.41, 5.74) is 6.37. The Morgan fingerprint density at radius 2 is 2.22 bits per heavy atom. The van der Waals surface area contributed by atoms with Gasteiger partial charge in [0.1, 0.15) is 5.60 Å². The first-order valence-electron chi connectivity index (χ1n) is 6.11. The molecule has 0 aromatic carbocycles. The second-order valence-electron chi connectivity index (χ2n) is 5.40. The Morgan fingerprint density at radius 1 is 1.56 bits per heavy atom. The summed E-state index contributed by atoms with van der Waals surface area (Å²) in [7, 11) is 1.72. The lowest BCUT2D eigenvalue weighted by atomic mass is 10.1. The van der Waals surface area contributed by atoms with E-state index in [9.17, 15) is 4.79 Å². The Hall–Kier alpha value is -1.49. The van der Waals surface area contributed by atoms with Crippen LogP contribution in [-0.2, 0) is 11.2 Å². The minimum atomic E-state index is -0.488. The highest BCUT2D eigenvalue weighted by Gasteiger charge is 2.24. The number of H-pyrrole nitrogens is 1. The molecule has 5 nitrogen and oxygen atoms in total. The molecule has 1 rings (SSSR count). The summed E-state index contributed by atoms with van der Waals surface area (Å²) >= 11 is 0. The highest BCUT2D eigenvalue weighted by molar-refractivity contribution is 5.68. The fraction of sp³-hybridized carbons (Fsp3) is 0.615. The zero-order valence-electron chi connectivity index (χ0n) is 11.6. The van der Waals surface area contributed by atoms with Gasteiger partial charge in [0.15, 0.2) is 0 Å². The summed E-state index contributed by atoms with van der Waals surface area (Å²) in [6, 6.07) is 1.92. The van der Waals surface area contributed by atoms with Gasteiger partial charge in [0.25, 0.3) is 0 Å². The van der Waals surface area contributed by atoms with Crippen LogP contribution in [0.15, 0.2) is 18.5 Å². The van der Waals surface area contributed by atoms with E-state index in [1.807, 2.05) is 39.2 Å². The minimum Gasteiger partial charge on any atom is -0.444 e. The van der Waals surface area contributed by atoms with Crippen molar-refractivity contribution in [3.8, 4) is 0 Å². The van der Waals surface area contributed by atoms with E-state index in [2.05, 4.69) is 4.98 Å². The molecule has 0 bridgehead atoms. The summed E-state index contributed by atoms with van der Waals surface area (Å²) in [5.74, 6) is 0. The summed E-state index contributed by atoms with van der Waals surface area (Å²) in [6.45, 7) is 5.95. The molecule has 0 spiro atoms. The van der Waals surface area contributed by atoms with Crippen LogP contribution in [0.5, 0.6) is 0 Å². The summed E-state index contributed by atoms with van der Waals surface area (Å²) in [5, 5.41) is 0. The first-order chi connectivity index (χ1) is 8.33. The number of hydrogen-bond acceptors (Lipinski definition) is 3. The Kier molecular flexibility index (Phi) is 4.78. The molecule has 1 amide bonds. The number of amides is 1. The molecule has 0 fully saturated rings. The van der Waals surface area contributed by atoms with Crippen molar-refractivity contribution in [2.45, 2.75) is 38.8 Å². The third-order valence-electron chi connectivity index (χ3n) is 2.63. The molecule has 1 unspecified atom stereocenters. The molecule has 1 aromatic rings. The van der Waals surface area contributed by atoms with Gasteiger partial charge in [0.2, 0.25) is 0 Å². The molecule has 0 radical (unpaired) electrons. The topological polar surface area (TPSA) is 71.3 Å². The van der Waals surface area contributed by atoms with E-state index in [0.29, 0.717) is 6.54 Å². The quantitative estimate of drug-likeness (QED) is 0.858. The molecular formula is C13H23N3O2. The van der Waals surface area contributed by atoms with Gasteiger partial charge >= 0.3 is 6.09 Å². The number of carbonyl (C=O) groups excluding carboxylic acids is 1. The Bertz CT molecular complexity index is 368. The predicted octanol–water partition coefficient (Wildman–Crippen LogP) is 1.75. The molecule has 102 valence electrons. The first-order valence-corrected chi connectivity index (χ1v) is 6.11. The van der Waals surface area contributed by atoms with Crippen LogP contribution in [0.4, 0.5) is 4.79 Å². The van der Waals surface area contributed by atoms with Crippen molar-refractivity contribution in [3.05, 3.63) is 24.0 Å². The van der Waals surface area contributed by atoms with Gasteiger partial charge in [0.05, 0.1) is 6.04 Å². The van der Waals surface area contributed by atoms with Crippen LogP contribution >= 0.6 is 0 Å². The average molecular weight is 253 g/mol. The lowest BCUT2D eigenvalue weighted by Crippen LogP contribution is -2.45. The Morgan fingerprint density at radius 3 is 2.67 bits per heavy atom. The van der Waals surface area contributed by atoms with Crippen molar-refractivity contribution >= 4 is 6.09 Å². The predicted molar refractivity (Wildman–Crippen MR) is 71.3 cm³/mol. The first kappa shape index (κ1) is 14.6. The summed E-state index contributed by atoms with van der Waals surface area (Å²) < 4.78 is 5.33. The molecule has 3 N–H and O–H groups in total. The van der Waals surface area contributed by atoms with Crippen LogP contribution in [0.3, 0.4) is 0 Å². The second-order valence-corrected chi connectivity index (χ2v) is 5.40. The number of rotatable bonds is 4. The van der Waals surface area contributed by atoms with Crippen LogP contribution in [0.25, 0.3) is 0 Å². The number of aromatic amines is 1. The van der Waals surface area contributed by atoms with Crippen molar-refractivity contribution in [3.63, 3.8) is 0 Å². The fourth-order valence-corrected chi connectivity index (χ4v) is 1.62. The summed E-state index contributed by atoms with van der Waals surface area (Å²) in [4.78, 5) is 16.5. The van der Waals surface area contributed by atoms with Crippen LogP contribution in [0, 0.1) is 0 Å². The van der Waals surface area contributed by atoms with E-state index in [0.717, 1.165) is 12.0 Å². The van der Waals surface area contributed by atoms with Gasteiger partial charge in [-0.15, -0.1) is 0 Å². The minimum absolute atomic E-state index is 0.0596. The molecule has 0 saturated carbocycles. The van der Waals surface area contributed by atoms with Crippen molar-refractivity contribution in [2.24, 2.45) is 5.73 Å². The smallest absolute Gasteiger partial charge is 0.410 e. The van der Waals surface area contributed by atoms with Gasteiger partial charge in [-0.3, -0.25) is 0 Å². The second kappa shape index (κ2) is 5.91. The molecule has 1 atom stereocenters. The van der Waals surface area contributed by atoms with Gasteiger partial charge in [-0.05, 0) is 38.8 Å². The molecule has 0 aliphatic rings. The molecule has 1 aromatic heterocycles. The van der Waals surface area contributed by atoms with Gasteiger partial charge in [-0.2, -0.15) is 0 Å². The monoisotopic (exact) mass is 253 g/mol. The standard InChI is InChI=1S/C13H23N3O2/c1-13(2,3)18-12(17)16(4)11(8-14)7-10-5-6-15-9-10/h5-6,9,11,15H,7-8,14H2,1-4H3. The number of nitrogens with zero attached hydrogens (tertiary/aromatic N) is 1. The van der Waals surface area contributed by atoms with E-state index in [1.165, 1.54) is 0 Å². The lowest BCUT2D eigenvalue weighted by molar-refractivity contribution is 0.0228. The van der Waals surface area contributed by atoms with Crippen LogP contribution in [0.2, 0.25) is 0 Å². The number of carbonyl (C=O) groups is 1. The number of nitrogens with two attached hydrogens (primary N) is 1. The molecule has 5 heteroatoms. The fourth-order valence-electron chi connectivity index (χ4n) is 1.62. The largest absolute Gasteiger partial charge is 0.444 e. The van der Waals surface area contributed by atoms with E-state index < -0.39 is 5.60 Å². The van der Waals surface area contributed by atoms with Crippen LogP contribution in [-0.4, -0.2) is 41.2 Å².